The third-order valence-electron chi connectivity index (χ3n) is 3.69. The molecule has 0 spiro atoms. The lowest BCUT2D eigenvalue weighted by Crippen LogP contribution is -2.29. The molecule has 20 heavy (non-hydrogen) atoms. The van der Waals surface area contributed by atoms with E-state index in [4.69, 9.17) is 10.8 Å². The Kier molecular flexibility index (Phi) is 17.8. The number of nitrogens with two attached hydrogens (primary N) is 1. The van der Waals surface area contributed by atoms with Crippen molar-refractivity contribution in [1.82, 2.24) is 6.15 Å². The van der Waals surface area contributed by atoms with Crippen LogP contribution < -0.4 is 11.9 Å². The van der Waals surface area contributed by atoms with Gasteiger partial charge in [0.05, 0.1) is 0 Å². The van der Waals surface area contributed by atoms with Gasteiger partial charge in [-0.15, -0.1) is 0 Å². The molecule has 0 aliphatic rings. The summed E-state index contributed by atoms with van der Waals surface area (Å²) < 4.78 is 0. The van der Waals surface area contributed by atoms with Gasteiger partial charge in [0, 0.05) is 0 Å². The minimum absolute atomic E-state index is 0. The second-order valence-electron chi connectivity index (χ2n) is 5.62. The lowest BCUT2D eigenvalue weighted by atomic mass is 10.0. The molecule has 0 rings (SSSR count). The topological polar surface area (TPSA) is 98.3 Å². The summed E-state index contributed by atoms with van der Waals surface area (Å²) in [6.45, 7) is 2.25. The zero-order chi connectivity index (χ0) is 14.3. The van der Waals surface area contributed by atoms with Crippen molar-refractivity contribution < 1.29 is 9.90 Å². The van der Waals surface area contributed by atoms with Crippen LogP contribution in [0.3, 0.4) is 0 Å². The van der Waals surface area contributed by atoms with Crippen molar-refractivity contribution in [3.05, 3.63) is 0 Å². The molecular weight excluding hydrogens is 252 g/mol. The third kappa shape index (κ3) is 15.4. The largest absolute Gasteiger partial charge is 0.480 e. The summed E-state index contributed by atoms with van der Waals surface area (Å²) in [5.41, 5.74) is 5.45. The molecule has 0 aliphatic heterocycles. The van der Waals surface area contributed by atoms with Crippen molar-refractivity contribution in [1.29, 1.82) is 0 Å². The van der Waals surface area contributed by atoms with E-state index in [1.54, 1.807) is 0 Å². The van der Waals surface area contributed by atoms with Gasteiger partial charge in [-0.2, -0.15) is 0 Å². The molecule has 4 nitrogen and oxygen atoms in total. The van der Waals surface area contributed by atoms with Crippen molar-refractivity contribution in [2.24, 2.45) is 5.73 Å². The highest BCUT2D eigenvalue weighted by Gasteiger charge is 2.09. The van der Waals surface area contributed by atoms with Crippen LogP contribution >= 0.6 is 0 Å². The van der Waals surface area contributed by atoms with Gasteiger partial charge in [0.2, 0.25) is 0 Å². The number of unbranched alkanes of at least 4 members (excludes halogenated alkanes) is 11. The molecule has 0 aliphatic carbocycles. The number of carboxylic acids is 1. The van der Waals surface area contributed by atoms with Gasteiger partial charge in [0.25, 0.3) is 0 Å². The summed E-state index contributed by atoms with van der Waals surface area (Å²) >= 11 is 0. The van der Waals surface area contributed by atoms with Crippen molar-refractivity contribution in [3.8, 4) is 0 Å². The van der Waals surface area contributed by atoms with Crippen molar-refractivity contribution >= 4 is 5.97 Å². The summed E-state index contributed by atoms with van der Waals surface area (Å²) in [5.74, 6) is -0.872. The van der Waals surface area contributed by atoms with E-state index in [-0.39, 0.29) is 6.15 Å². The molecule has 0 bridgehead atoms. The normalized spacial score (nSPS) is 11.9. The lowest BCUT2D eigenvalue weighted by molar-refractivity contribution is -0.138. The predicted molar refractivity (Wildman–Crippen MR) is 86.3 cm³/mol. The zero-order valence-corrected chi connectivity index (χ0v) is 13.4. The average molecular weight is 288 g/mol. The fraction of sp³-hybridized carbons (Fsp3) is 0.938. The van der Waals surface area contributed by atoms with E-state index < -0.39 is 12.0 Å². The molecule has 0 fully saturated rings. The fourth-order valence-electron chi connectivity index (χ4n) is 2.33. The number of carboxylic acid groups (broad SMARTS) is 1. The zero-order valence-electron chi connectivity index (χ0n) is 13.4. The Morgan fingerprint density at radius 2 is 1.20 bits per heavy atom. The number of aliphatic carboxylic acids is 1. The van der Waals surface area contributed by atoms with Crippen LogP contribution in [0.2, 0.25) is 0 Å². The molecule has 1 unspecified atom stereocenters. The molecular formula is C16H36N2O2. The quantitative estimate of drug-likeness (QED) is 0.405. The maximum atomic E-state index is 10.5. The van der Waals surface area contributed by atoms with Crippen LogP contribution in [0.4, 0.5) is 0 Å². The second kappa shape index (κ2) is 16.4. The van der Waals surface area contributed by atoms with E-state index in [0.717, 1.165) is 12.8 Å². The molecule has 0 saturated carbocycles. The molecule has 122 valence electrons. The molecule has 0 amide bonds. The van der Waals surface area contributed by atoms with Crippen LogP contribution in [0.25, 0.3) is 0 Å². The molecule has 4 heteroatoms. The fourth-order valence-corrected chi connectivity index (χ4v) is 2.33. The first-order valence-corrected chi connectivity index (χ1v) is 8.17. The monoisotopic (exact) mass is 288 g/mol. The molecule has 0 radical (unpaired) electrons. The van der Waals surface area contributed by atoms with Crippen molar-refractivity contribution in [2.75, 3.05) is 0 Å². The van der Waals surface area contributed by atoms with Gasteiger partial charge >= 0.3 is 5.97 Å². The second-order valence-corrected chi connectivity index (χ2v) is 5.62. The van der Waals surface area contributed by atoms with Crippen LogP contribution in [-0.2, 0) is 4.79 Å². The summed E-state index contributed by atoms with van der Waals surface area (Å²) in [7, 11) is 0. The van der Waals surface area contributed by atoms with Crippen LogP contribution in [0.15, 0.2) is 0 Å². The molecule has 6 N–H and O–H groups in total. The van der Waals surface area contributed by atoms with Gasteiger partial charge in [-0.25, -0.2) is 0 Å². The van der Waals surface area contributed by atoms with Gasteiger partial charge in [0.15, 0.2) is 0 Å². The average Bonchev–Trinajstić information content (AvgIpc) is 2.39. The highest BCUT2D eigenvalue weighted by Crippen LogP contribution is 2.12. The summed E-state index contributed by atoms with van der Waals surface area (Å²) in [6, 6.07) is -0.664. The molecule has 0 heterocycles. The molecule has 0 saturated heterocycles. The standard InChI is InChI=1S/C16H33NO2.H3N/c1-2-3-4-5-6-7-8-9-10-11-12-13-14-15(17)16(18)19;/h15H,2-14,17H2,1H3,(H,18,19);1H3. The predicted octanol–water partition coefficient (Wildman–Crippen LogP) is 4.65. The first kappa shape index (κ1) is 21.7. The maximum absolute atomic E-state index is 10.5. The van der Waals surface area contributed by atoms with E-state index in [9.17, 15) is 4.79 Å². The number of hydrogen-bond donors (Lipinski definition) is 3. The summed E-state index contributed by atoms with van der Waals surface area (Å²) in [4.78, 5) is 10.5. The Hall–Kier alpha value is -0.610. The highest BCUT2D eigenvalue weighted by molar-refractivity contribution is 5.72. The van der Waals surface area contributed by atoms with E-state index in [2.05, 4.69) is 6.92 Å². The van der Waals surface area contributed by atoms with Gasteiger partial charge in [-0.3, -0.25) is 4.79 Å². The van der Waals surface area contributed by atoms with E-state index in [0.29, 0.717) is 6.42 Å². The van der Waals surface area contributed by atoms with E-state index in [1.807, 2.05) is 0 Å². The third-order valence-corrected chi connectivity index (χ3v) is 3.69. The van der Waals surface area contributed by atoms with Crippen LogP contribution in [0, 0.1) is 0 Å². The van der Waals surface area contributed by atoms with Crippen LogP contribution in [0.5, 0.6) is 0 Å². The Balaban J connectivity index is 0. The molecule has 0 aromatic rings. The number of rotatable bonds is 14. The van der Waals surface area contributed by atoms with E-state index in [1.165, 1.54) is 64.2 Å². The van der Waals surface area contributed by atoms with Gasteiger partial charge in [0.1, 0.15) is 6.04 Å². The van der Waals surface area contributed by atoms with Crippen molar-refractivity contribution in [3.63, 3.8) is 0 Å². The lowest BCUT2D eigenvalue weighted by Gasteiger charge is -2.05. The Morgan fingerprint density at radius 3 is 1.55 bits per heavy atom. The van der Waals surface area contributed by atoms with Crippen molar-refractivity contribution in [2.45, 2.75) is 96.4 Å². The Morgan fingerprint density at radius 1 is 0.850 bits per heavy atom. The molecule has 0 aromatic heterocycles. The van der Waals surface area contributed by atoms with Gasteiger partial charge in [-0.1, -0.05) is 84.0 Å². The van der Waals surface area contributed by atoms with Gasteiger partial charge < -0.3 is 17.0 Å². The Labute approximate surface area is 125 Å². The summed E-state index contributed by atoms with van der Waals surface area (Å²) in [5, 5.41) is 8.63. The van der Waals surface area contributed by atoms with Crippen LogP contribution in [-0.4, -0.2) is 17.1 Å². The van der Waals surface area contributed by atoms with E-state index >= 15 is 0 Å². The van der Waals surface area contributed by atoms with Gasteiger partial charge in [-0.05, 0) is 6.42 Å². The number of carbonyl (C=O) groups is 1. The minimum Gasteiger partial charge on any atom is -0.480 e. The Bertz CT molecular complexity index is 211. The smallest absolute Gasteiger partial charge is 0.320 e. The molecule has 0 aromatic carbocycles. The summed E-state index contributed by atoms with van der Waals surface area (Å²) in [6.07, 6.45) is 16.2. The first-order valence-electron chi connectivity index (χ1n) is 8.17. The first-order chi connectivity index (χ1) is 9.18. The minimum atomic E-state index is -0.872. The maximum Gasteiger partial charge on any atom is 0.320 e. The highest BCUT2D eigenvalue weighted by atomic mass is 16.4. The van der Waals surface area contributed by atoms with Crippen LogP contribution in [0.1, 0.15) is 90.4 Å². The SMILES string of the molecule is CCCCCCCCCCCCCCC(N)C(=O)O.N. The number of hydrogen-bond acceptors (Lipinski definition) is 3. The molecule has 1 atom stereocenters.